The van der Waals surface area contributed by atoms with Crippen molar-refractivity contribution in [3.8, 4) is 0 Å². The van der Waals surface area contributed by atoms with Gasteiger partial charge in [0.1, 0.15) is 0 Å². The molecule has 0 aliphatic carbocycles. The molecule has 78 valence electrons. The summed E-state index contributed by atoms with van der Waals surface area (Å²) in [5.74, 6) is 0. The average Bonchev–Trinajstić information content (AvgIpc) is 2.11. The number of piperidine rings is 1. The molecule has 1 saturated heterocycles. The van der Waals surface area contributed by atoms with Gasteiger partial charge in [0.2, 0.25) is 0 Å². The van der Waals surface area contributed by atoms with Crippen molar-refractivity contribution in [1.29, 1.82) is 0 Å². The lowest BCUT2D eigenvalue weighted by Gasteiger charge is -2.41. The van der Waals surface area contributed by atoms with E-state index in [1.54, 1.807) is 14.2 Å². The first-order valence-electron chi connectivity index (χ1n) is 5.03. The monoisotopic (exact) mass is 203 g/mol. The van der Waals surface area contributed by atoms with Crippen molar-refractivity contribution in [1.82, 2.24) is 4.57 Å². The predicted octanol–water partition coefficient (Wildman–Crippen LogP) is 1.26. The Hall–Kier alpha value is 0.0969. The fraction of sp³-hybridized carbons (Fsp3) is 1.00. The smallest absolute Gasteiger partial charge is 0.388 e. The molecule has 1 rings (SSSR count). The summed E-state index contributed by atoms with van der Waals surface area (Å²) in [6.07, 6.45) is 3.90. The molecule has 1 fully saturated rings. The standard InChI is InChI=1S/C9H21NO2Si/c1-8-6-5-7-9(2)10(8)13(11-3)12-4/h8-9,13H,5-7H2,1-4H3/t8-,9-/m1/s1. The molecule has 0 spiro atoms. The van der Waals surface area contributed by atoms with Crippen molar-refractivity contribution >= 4 is 9.45 Å². The number of rotatable bonds is 3. The molecule has 2 atom stereocenters. The van der Waals surface area contributed by atoms with Crippen LogP contribution in [0.4, 0.5) is 0 Å². The van der Waals surface area contributed by atoms with Crippen LogP contribution >= 0.6 is 0 Å². The van der Waals surface area contributed by atoms with Crippen molar-refractivity contribution in [3.05, 3.63) is 0 Å². The second-order valence-corrected chi connectivity index (χ2v) is 6.01. The Balaban J connectivity index is 2.60. The predicted molar refractivity (Wildman–Crippen MR) is 55.8 cm³/mol. The van der Waals surface area contributed by atoms with E-state index in [0.29, 0.717) is 12.1 Å². The Morgan fingerprint density at radius 2 is 1.54 bits per heavy atom. The zero-order valence-corrected chi connectivity index (χ0v) is 10.3. The lowest BCUT2D eigenvalue weighted by atomic mass is 10.0. The van der Waals surface area contributed by atoms with Crippen molar-refractivity contribution in [3.63, 3.8) is 0 Å². The lowest BCUT2D eigenvalue weighted by molar-refractivity contribution is 0.114. The van der Waals surface area contributed by atoms with Crippen molar-refractivity contribution in [2.24, 2.45) is 0 Å². The first kappa shape index (κ1) is 11.2. The molecule has 0 aromatic carbocycles. The molecule has 0 radical (unpaired) electrons. The van der Waals surface area contributed by atoms with E-state index in [4.69, 9.17) is 8.85 Å². The number of hydrogen-bond acceptors (Lipinski definition) is 3. The average molecular weight is 203 g/mol. The van der Waals surface area contributed by atoms with Gasteiger partial charge in [-0.05, 0) is 12.8 Å². The van der Waals surface area contributed by atoms with Crippen LogP contribution < -0.4 is 0 Å². The van der Waals surface area contributed by atoms with Crippen LogP contribution in [0.1, 0.15) is 33.1 Å². The van der Waals surface area contributed by atoms with Gasteiger partial charge in [0.25, 0.3) is 0 Å². The zero-order chi connectivity index (χ0) is 9.84. The molecular formula is C9H21NO2Si. The quantitative estimate of drug-likeness (QED) is 0.645. The normalized spacial score (nSPS) is 31.2. The highest BCUT2D eigenvalue weighted by molar-refractivity contribution is 6.41. The third-order valence-corrected chi connectivity index (χ3v) is 5.22. The second kappa shape index (κ2) is 5.10. The number of hydrogen-bond donors (Lipinski definition) is 0. The molecule has 3 nitrogen and oxygen atoms in total. The Morgan fingerprint density at radius 3 is 1.92 bits per heavy atom. The third kappa shape index (κ3) is 2.53. The molecule has 0 aromatic rings. The van der Waals surface area contributed by atoms with E-state index in [1.165, 1.54) is 19.3 Å². The van der Waals surface area contributed by atoms with E-state index in [9.17, 15) is 0 Å². The van der Waals surface area contributed by atoms with Crippen LogP contribution in [0.5, 0.6) is 0 Å². The van der Waals surface area contributed by atoms with Crippen LogP contribution in [0.15, 0.2) is 0 Å². The summed E-state index contributed by atoms with van der Waals surface area (Å²) in [6, 6.07) is 1.25. The molecule has 1 aliphatic rings. The van der Waals surface area contributed by atoms with Gasteiger partial charge in [0.15, 0.2) is 0 Å². The van der Waals surface area contributed by atoms with E-state index in [1.807, 2.05) is 0 Å². The van der Waals surface area contributed by atoms with Gasteiger partial charge >= 0.3 is 9.45 Å². The van der Waals surface area contributed by atoms with Crippen LogP contribution in [0.25, 0.3) is 0 Å². The lowest BCUT2D eigenvalue weighted by Crippen LogP contribution is -2.54. The molecule has 0 amide bonds. The largest absolute Gasteiger partial charge is 0.410 e. The maximum atomic E-state index is 5.42. The minimum Gasteiger partial charge on any atom is -0.388 e. The van der Waals surface area contributed by atoms with Crippen molar-refractivity contribution in [2.45, 2.75) is 45.2 Å². The molecule has 0 N–H and O–H groups in total. The van der Waals surface area contributed by atoms with Gasteiger partial charge in [-0.2, -0.15) is 0 Å². The maximum Gasteiger partial charge on any atom is 0.410 e. The van der Waals surface area contributed by atoms with Gasteiger partial charge in [0, 0.05) is 26.3 Å². The first-order valence-corrected chi connectivity index (χ1v) is 6.49. The SMILES string of the molecule is CO[SiH](OC)N1[C@H](C)CCC[C@H]1C. The van der Waals surface area contributed by atoms with E-state index in [-0.39, 0.29) is 0 Å². The second-order valence-electron chi connectivity index (χ2n) is 3.85. The summed E-state index contributed by atoms with van der Waals surface area (Å²) in [7, 11) is 1.96. The molecule has 0 aromatic heterocycles. The molecule has 0 bridgehead atoms. The van der Waals surface area contributed by atoms with Gasteiger partial charge in [-0.15, -0.1) is 0 Å². The van der Waals surface area contributed by atoms with Gasteiger partial charge in [-0.3, -0.25) is 4.57 Å². The van der Waals surface area contributed by atoms with Gasteiger partial charge in [0.05, 0.1) is 0 Å². The molecular weight excluding hydrogens is 182 g/mol. The fourth-order valence-electron chi connectivity index (χ4n) is 2.20. The Morgan fingerprint density at radius 1 is 1.08 bits per heavy atom. The third-order valence-electron chi connectivity index (χ3n) is 2.91. The summed E-state index contributed by atoms with van der Waals surface area (Å²) in [5, 5.41) is 0. The van der Waals surface area contributed by atoms with Crippen LogP contribution in [0.2, 0.25) is 0 Å². The summed E-state index contributed by atoms with van der Waals surface area (Å²) in [4.78, 5) is 0. The fourth-order valence-corrected chi connectivity index (χ4v) is 4.01. The molecule has 4 heteroatoms. The summed E-state index contributed by atoms with van der Waals surface area (Å²) >= 11 is 0. The Kier molecular flexibility index (Phi) is 4.38. The summed E-state index contributed by atoms with van der Waals surface area (Å²) in [5.41, 5.74) is 0. The maximum absolute atomic E-state index is 5.42. The molecule has 0 saturated carbocycles. The molecule has 13 heavy (non-hydrogen) atoms. The molecule has 0 unspecified atom stereocenters. The van der Waals surface area contributed by atoms with Crippen LogP contribution in [-0.2, 0) is 8.85 Å². The minimum atomic E-state index is -1.56. The highest BCUT2D eigenvalue weighted by atomic mass is 28.3. The minimum absolute atomic E-state index is 0.625. The van der Waals surface area contributed by atoms with Crippen LogP contribution in [-0.4, -0.2) is 40.3 Å². The molecule has 1 heterocycles. The van der Waals surface area contributed by atoms with E-state index < -0.39 is 9.45 Å². The van der Waals surface area contributed by atoms with Crippen LogP contribution in [0, 0.1) is 0 Å². The van der Waals surface area contributed by atoms with E-state index in [2.05, 4.69) is 18.4 Å². The van der Waals surface area contributed by atoms with E-state index >= 15 is 0 Å². The highest BCUT2D eigenvalue weighted by Crippen LogP contribution is 2.23. The zero-order valence-electron chi connectivity index (χ0n) is 9.12. The van der Waals surface area contributed by atoms with Gasteiger partial charge in [-0.1, -0.05) is 20.3 Å². The topological polar surface area (TPSA) is 21.7 Å². The van der Waals surface area contributed by atoms with Crippen molar-refractivity contribution in [2.75, 3.05) is 14.2 Å². The van der Waals surface area contributed by atoms with Crippen LogP contribution in [0.3, 0.4) is 0 Å². The van der Waals surface area contributed by atoms with Gasteiger partial charge < -0.3 is 8.85 Å². The summed E-state index contributed by atoms with van der Waals surface area (Å²) in [6.45, 7) is 4.54. The molecule has 1 aliphatic heterocycles. The Bertz CT molecular complexity index is 143. The van der Waals surface area contributed by atoms with Gasteiger partial charge in [-0.25, -0.2) is 0 Å². The summed E-state index contributed by atoms with van der Waals surface area (Å²) < 4.78 is 13.3. The van der Waals surface area contributed by atoms with E-state index in [0.717, 1.165) is 0 Å². The van der Waals surface area contributed by atoms with Crippen molar-refractivity contribution < 1.29 is 8.85 Å². The number of nitrogens with zero attached hydrogens (tertiary/aromatic N) is 1. The Labute approximate surface area is 82.9 Å². The highest BCUT2D eigenvalue weighted by Gasteiger charge is 2.33. The first-order chi connectivity index (χ1) is 6.20.